The quantitative estimate of drug-likeness (QED) is 0.862. The maximum Gasteiger partial charge on any atom is 0.255 e. The SMILES string of the molecule is CN(CC(=O)NC1CC1)C(=O)c1cnc(Cl)c(Cl)c1. The van der Waals surface area contributed by atoms with Gasteiger partial charge in [0.25, 0.3) is 5.91 Å². The number of hydrogen-bond donors (Lipinski definition) is 1. The number of carbonyl (C=O) groups is 2. The molecule has 0 radical (unpaired) electrons. The second kappa shape index (κ2) is 5.75. The minimum absolute atomic E-state index is 0.00950. The molecule has 0 spiro atoms. The van der Waals surface area contributed by atoms with Gasteiger partial charge in [-0.25, -0.2) is 4.98 Å². The Morgan fingerprint density at radius 1 is 1.47 bits per heavy atom. The summed E-state index contributed by atoms with van der Waals surface area (Å²) in [6.45, 7) is 0.00950. The fourth-order valence-corrected chi connectivity index (χ4v) is 1.82. The van der Waals surface area contributed by atoms with Crippen LogP contribution in [-0.4, -0.2) is 41.3 Å². The fraction of sp³-hybridized carbons (Fsp3) is 0.417. The summed E-state index contributed by atoms with van der Waals surface area (Å²) in [5, 5.41) is 3.17. The number of nitrogens with one attached hydrogen (secondary N) is 1. The normalized spacial score (nSPS) is 14.1. The van der Waals surface area contributed by atoms with Gasteiger partial charge in [0, 0.05) is 19.3 Å². The molecular weight excluding hydrogens is 289 g/mol. The molecule has 1 aromatic rings. The summed E-state index contributed by atoms with van der Waals surface area (Å²) in [5.41, 5.74) is 0.302. The lowest BCUT2D eigenvalue weighted by atomic mass is 10.2. The first-order valence-electron chi connectivity index (χ1n) is 5.83. The molecule has 1 N–H and O–H groups in total. The van der Waals surface area contributed by atoms with E-state index in [1.807, 2.05) is 0 Å². The summed E-state index contributed by atoms with van der Waals surface area (Å²) in [5.74, 6) is -0.483. The zero-order valence-corrected chi connectivity index (χ0v) is 11.8. The number of carbonyl (C=O) groups excluding carboxylic acids is 2. The Labute approximate surface area is 120 Å². The summed E-state index contributed by atoms with van der Waals surface area (Å²) in [6.07, 6.45) is 3.37. The van der Waals surface area contributed by atoms with Crippen LogP contribution in [0.25, 0.3) is 0 Å². The Kier molecular flexibility index (Phi) is 4.27. The molecule has 2 amide bonds. The van der Waals surface area contributed by atoms with Crippen molar-refractivity contribution in [2.24, 2.45) is 0 Å². The third kappa shape index (κ3) is 3.81. The largest absolute Gasteiger partial charge is 0.352 e. The fourth-order valence-electron chi connectivity index (χ4n) is 1.55. The Morgan fingerprint density at radius 2 is 2.16 bits per heavy atom. The first-order valence-corrected chi connectivity index (χ1v) is 6.59. The monoisotopic (exact) mass is 301 g/mol. The Morgan fingerprint density at radius 3 is 2.74 bits per heavy atom. The zero-order valence-electron chi connectivity index (χ0n) is 10.3. The van der Waals surface area contributed by atoms with E-state index in [-0.39, 0.29) is 34.6 Å². The number of pyridine rings is 1. The molecule has 0 aromatic carbocycles. The van der Waals surface area contributed by atoms with Crippen LogP contribution in [0.1, 0.15) is 23.2 Å². The average Bonchev–Trinajstić information content (AvgIpc) is 3.15. The topological polar surface area (TPSA) is 62.3 Å². The molecule has 1 aliphatic carbocycles. The van der Waals surface area contributed by atoms with Gasteiger partial charge in [-0.1, -0.05) is 23.2 Å². The van der Waals surface area contributed by atoms with Gasteiger partial charge in [0.1, 0.15) is 5.15 Å². The van der Waals surface area contributed by atoms with Crippen LogP contribution in [0.2, 0.25) is 10.2 Å². The van der Waals surface area contributed by atoms with E-state index in [0.717, 1.165) is 12.8 Å². The van der Waals surface area contributed by atoms with Crippen LogP contribution >= 0.6 is 23.2 Å². The summed E-state index contributed by atoms with van der Waals surface area (Å²) >= 11 is 11.5. The van der Waals surface area contributed by atoms with Crippen LogP contribution in [0.5, 0.6) is 0 Å². The van der Waals surface area contributed by atoms with E-state index in [1.54, 1.807) is 7.05 Å². The molecule has 1 heterocycles. The highest BCUT2D eigenvalue weighted by atomic mass is 35.5. The predicted octanol–water partition coefficient (Wildman–Crippen LogP) is 1.74. The van der Waals surface area contributed by atoms with Crippen molar-refractivity contribution in [2.75, 3.05) is 13.6 Å². The van der Waals surface area contributed by atoms with Crippen LogP contribution in [0.3, 0.4) is 0 Å². The molecular formula is C12H13Cl2N3O2. The van der Waals surface area contributed by atoms with Gasteiger partial charge >= 0.3 is 0 Å². The summed E-state index contributed by atoms with van der Waals surface area (Å²) in [7, 11) is 1.55. The Hall–Kier alpha value is -1.33. The first kappa shape index (κ1) is 14.1. The minimum atomic E-state index is -0.322. The van der Waals surface area contributed by atoms with E-state index in [1.165, 1.54) is 17.2 Å². The van der Waals surface area contributed by atoms with Crippen molar-refractivity contribution in [1.82, 2.24) is 15.2 Å². The van der Waals surface area contributed by atoms with Gasteiger partial charge in [-0.15, -0.1) is 0 Å². The molecule has 7 heteroatoms. The average molecular weight is 302 g/mol. The van der Waals surface area contributed by atoms with Gasteiger partial charge in [0.2, 0.25) is 5.91 Å². The van der Waals surface area contributed by atoms with E-state index in [2.05, 4.69) is 10.3 Å². The smallest absolute Gasteiger partial charge is 0.255 e. The van der Waals surface area contributed by atoms with Gasteiger partial charge in [-0.3, -0.25) is 9.59 Å². The van der Waals surface area contributed by atoms with E-state index in [4.69, 9.17) is 23.2 Å². The van der Waals surface area contributed by atoms with E-state index in [0.29, 0.717) is 5.56 Å². The number of amides is 2. The van der Waals surface area contributed by atoms with Gasteiger partial charge in [0.15, 0.2) is 0 Å². The van der Waals surface area contributed by atoms with E-state index in [9.17, 15) is 9.59 Å². The molecule has 0 saturated heterocycles. The molecule has 1 aliphatic rings. The minimum Gasteiger partial charge on any atom is -0.352 e. The second-order valence-electron chi connectivity index (χ2n) is 4.50. The molecule has 1 saturated carbocycles. The van der Waals surface area contributed by atoms with Crippen molar-refractivity contribution in [3.8, 4) is 0 Å². The Balaban J connectivity index is 1.97. The molecule has 1 fully saturated rings. The van der Waals surface area contributed by atoms with E-state index >= 15 is 0 Å². The standard InChI is InChI=1S/C12H13Cl2N3O2/c1-17(6-10(18)16-8-2-3-8)12(19)7-4-9(13)11(14)15-5-7/h4-5,8H,2-3,6H2,1H3,(H,16,18). The van der Waals surface area contributed by atoms with Crippen LogP contribution in [-0.2, 0) is 4.79 Å². The van der Waals surface area contributed by atoms with Crippen molar-refractivity contribution in [3.63, 3.8) is 0 Å². The highest BCUT2D eigenvalue weighted by molar-refractivity contribution is 6.41. The summed E-state index contributed by atoms with van der Waals surface area (Å²) < 4.78 is 0. The molecule has 2 rings (SSSR count). The third-order valence-electron chi connectivity index (χ3n) is 2.71. The van der Waals surface area contributed by atoms with Crippen LogP contribution in [0, 0.1) is 0 Å². The lowest BCUT2D eigenvalue weighted by molar-refractivity contribution is -0.121. The maximum absolute atomic E-state index is 12.0. The first-order chi connectivity index (χ1) is 8.97. The Bertz CT molecular complexity index is 518. The van der Waals surface area contributed by atoms with Crippen LogP contribution in [0.15, 0.2) is 12.3 Å². The molecule has 0 atom stereocenters. The van der Waals surface area contributed by atoms with Gasteiger partial charge in [-0.05, 0) is 18.9 Å². The summed E-state index contributed by atoms with van der Waals surface area (Å²) in [4.78, 5) is 28.8. The van der Waals surface area contributed by atoms with Gasteiger partial charge < -0.3 is 10.2 Å². The molecule has 0 aliphatic heterocycles. The number of halogens is 2. The van der Waals surface area contributed by atoms with Crippen LogP contribution in [0.4, 0.5) is 0 Å². The maximum atomic E-state index is 12.0. The van der Waals surface area contributed by atoms with Crippen molar-refractivity contribution < 1.29 is 9.59 Å². The van der Waals surface area contributed by atoms with Crippen molar-refractivity contribution in [1.29, 1.82) is 0 Å². The molecule has 102 valence electrons. The number of nitrogens with zero attached hydrogens (tertiary/aromatic N) is 2. The van der Waals surface area contributed by atoms with Crippen molar-refractivity contribution >= 4 is 35.0 Å². The number of aromatic nitrogens is 1. The number of likely N-dealkylation sites (N-methyl/N-ethyl adjacent to an activating group) is 1. The molecule has 1 aromatic heterocycles. The third-order valence-corrected chi connectivity index (χ3v) is 3.40. The molecule has 0 unspecified atom stereocenters. The highest BCUT2D eigenvalue weighted by Crippen LogP contribution is 2.20. The molecule has 0 bridgehead atoms. The van der Waals surface area contributed by atoms with E-state index < -0.39 is 0 Å². The zero-order chi connectivity index (χ0) is 14.0. The van der Waals surface area contributed by atoms with Crippen molar-refractivity contribution in [3.05, 3.63) is 28.0 Å². The second-order valence-corrected chi connectivity index (χ2v) is 5.26. The molecule has 19 heavy (non-hydrogen) atoms. The number of hydrogen-bond acceptors (Lipinski definition) is 3. The predicted molar refractivity (Wildman–Crippen MR) is 72.4 cm³/mol. The van der Waals surface area contributed by atoms with Gasteiger partial charge in [-0.2, -0.15) is 0 Å². The summed E-state index contributed by atoms with van der Waals surface area (Å²) in [6, 6.07) is 1.72. The molecule has 5 nitrogen and oxygen atoms in total. The number of rotatable bonds is 4. The van der Waals surface area contributed by atoms with Crippen LogP contribution < -0.4 is 5.32 Å². The van der Waals surface area contributed by atoms with Gasteiger partial charge in [0.05, 0.1) is 17.1 Å². The van der Waals surface area contributed by atoms with Crippen molar-refractivity contribution in [2.45, 2.75) is 18.9 Å². The lowest BCUT2D eigenvalue weighted by Gasteiger charge is -2.16. The lowest BCUT2D eigenvalue weighted by Crippen LogP contribution is -2.39. The highest BCUT2D eigenvalue weighted by Gasteiger charge is 2.24.